The summed E-state index contributed by atoms with van der Waals surface area (Å²) < 4.78 is 0. The zero-order valence-electron chi connectivity index (χ0n) is 14.2. The summed E-state index contributed by atoms with van der Waals surface area (Å²) in [6, 6.07) is 13.4. The summed E-state index contributed by atoms with van der Waals surface area (Å²) in [6.07, 6.45) is 0. The van der Waals surface area contributed by atoms with Crippen molar-refractivity contribution < 1.29 is 5.11 Å². The van der Waals surface area contributed by atoms with Crippen molar-refractivity contribution >= 4 is 11.4 Å². The third-order valence-corrected chi connectivity index (χ3v) is 3.26. The Kier molecular flexibility index (Phi) is 5.84. The average molecular weight is 312 g/mol. The van der Waals surface area contributed by atoms with Gasteiger partial charge in [0.2, 0.25) is 0 Å². The summed E-state index contributed by atoms with van der Waals surface area (Å²) in [5.74, 6) is 0.339. The molecule has 2 aromatic rings. The van der Waals surface area contributed by atoms with Crippen LogP contribution >= 0.6 is 0 Å². The number of hydrogen-bond acceptors (Lipinski definition) is 5. The van der Waals surface area contributed by atoms with Gasteiger partial charge in [0.05, 0.1) is 11.4 Å². The Labute approximate surface area is 137 Å². The van der Waals surface area contributed by atoms with E-state index in [1.165, 1.54) is 0 Å². The van der Waals surface area contributed by atoms with Gasteiger partial charge in [0.15, 0.2) is 0 Å². The second kappa shape index (κ2) is 7.85. The number of aromatic hydroxyl groups is 1. The van der Waals surface area contributed by atoms with Crippen molar-refractivity contribution in [2.24, 2.45) is 10.2 Å². The van der Waals surface area contributed by atoms with E-state index in [9.17, 15) is 5.11 Å². The van der Waals surface area contributed by atoms with Gasteiger partial charge in [-0.15, -0.1) is 0 Å². The molecule has 0 aliphatic heterocycles. The van der Waals surface area contributed by atoms with Crippen LogP contribution in [0, 0.1) is 0 Å². The molecule has 0 saturated heterocycles. The number of nitrogens with zero attached hydrogens (tertiary/aromatic N) is 4. The van der Waals surface area contributed by atoms with Gasteiger partial charge in [-0.05, 0) is 52.5 Å². The van der Waals surface area contributed by atoms with E-state index in [1.807, 2.05) is 80.5 Å². The summed E-state index contributed by atoms with van der Waals surface area (Å²) >= 11 is 0. The van der Waals surface area contributed by atoms with Gasteiger partial charge in [-0.3, -0.25) is 0 Å². The molecule has 1 N–H and O–H groups in total. The summed E-state index contributed by atoms with van der Waals surface area (Å²) in [4.78, 5) is 4.04. The molecule has 0 aliphatic carbocycles. The van der Waals surface area contributed by atoms with Crippen LogP contribution in [-0.2, 0) is 13.1 Å². The minimum absolute atomic E-state index is 0.339. The highest BCUT2D eigenvalue weighted by Gasteiger charge is 2.11. The smallest absolute Gasteiger partial charge is 0.124 e. The molecule has 0 heterocycles. The Hall–Kier alpha value is -2.24. The van der Waals surface area contributed by atoms with Gasteiger partial charge in [-0.25, -0.2) is 0 Å². The Morgan fingerprint density at radius 3 is 1.74 bits per heavy atom. The molecular weight excluding hydrogens is 288 g/mol. The van der Waals surface area contributed by atoms with Gasteiger partial charge < -0.3 is 14.9 Å². The normalized spacial score (nSPS) is 11.7. The predicted octanol–water partition coefficient (Wildman–Crippen LogP) is 3.93. The lowest BCUT2D eigenvalue weighted by Gasteiger charge is -2.17. The first-order valence-corrected chi connectivity index (χ1v) is 7.56. The van der Waals surface area contributed by atoms with Crippen molar-refractivity contribution in [2.75, 3.05) is 28.2 Å². The second-order valence-corrected chi connectivity index (χ2v) is 6.12. The molecule has 0 amide bonds. The molecule has 0 bridgehead atoms. The van der Waals surface area contributed by atoms with Crippen molar-refractivity contribution in [3.8, 4) is 5.75 Å². The first-order chi connectivity index (χ1) is 11.0. The molecule has 2 rings (SSSR count). The fourth-order valence-electron chi connectivity index (χ4n) is 2.33. The molecular formula is C18H24N4O. The fraction of sp³-hybridized carbons (Fsp3) is 0.333. The van der Waals surface area contributed by atoms with E-state index in [0.717, 1.165) is 22.5 Å². The summed E-state index contributed by atoms with van der Waals surface area (Å²) in [5.41, 5.74) is 3.27. The molecule has 0 fully saturated rings. The monoisotopic (exact) mass is 312 g/mol. The minimum Gasteiger partial charge on any atom is -0.507 e. The van der Waals surface area contributed by atoms with Crippen LogP contribution in [-0.4, -0.2) is 43.1 Å². The first-order valence-electron chi connectivity index (χ1n) is 7.56. The van der Waals surface area contributed by atoms with E-state index in [0.29, 0.717) is 18.8 Å². The molecule has 5 nitrogen and oxygen atoms in total. The SMILES string of the molecule is CN(C)Cc1cc(N=Nc2ccccc2)cc(CN(C)C)c1O. The van der Waals surface area contributed by atoms with Crippen molar-refractivity contribution in [1.29, 1.82) is 0 Å². The van der Waals surface area contributed by atoms with E-state index < -0.39 is 0 Å². The van der Waals surface area contributed by atoms with Crippen LogP contribution < -0.4 is 0 Å². The maximum atomic E-state index is 10.5. The third-order valence-electron chi connectivity index (χ3n) is 3.26. The van der Waals surface area contributed by atoms with Gasteiger partial charge >= 0.3 is 0 Å². The van der Waals surface area contributed by atoms with Crippen molar-refractivity contribution in [3.63, 3.8) is 0 Å². The topological polar surface area (TPSA) is 51.4 Å². The molecule has 0 spiro atoms. The predicted molar refractivity (Wildman–Crippen MR) is 93.5 cm³/mol. The molecule has 0 radical (unpaired) electrons. The largest absolute Gasteiger partial charge is 0.507 e. The van der Waals surface area contributed by atoms with Crippen molar-refractivity contribution in [3.05, 3.63) is 53.6 Å². The minimum atomic E-state index is 0.339. The lowest BCUT2D eigenvalue weighted by Crippen LogP contribution is -2.13. The molecule has 23 heavy (non-hydrogen) atoms. The van der Waals surface area contributed by atoms with Gasteiger partial charge in [0.1, 0.15) is 5.75 Å². The number of benzene rings is 2. The second-order valence-electron chi connectivity index (χ2n) is 6.12. The average Bonchev–Trinajstić information content (AvgIpc) is 2.49. The van der Waals surface area contributed by atoms with Crippen LogP contribution in [0.15, 0.2) is 52.7 Å². The molecule has 5 heteroatoms. The molecule has 0 saturated carbocycles. The maximum absolute atomic E-state index is 10.5. The van der Waals surface area contributed by atoms with Gasteiger partial charge in [0, 0.05) is 24.2 Å². The van der Waals surface area contributed by atoms with E-state index in [1.54, 1.807) is 0 Å². The van der Waals surface area contributed by atoms with Crippen LogP contribution in [0.2, 0.25) is 0 Å². The lowest BCUT2D eigenvalue weighted by molar-refractivity contribution is 0.368. The van der Waals surface area contributed by atoms with Gasteiger partial charge in [-0.2, -0.15) is 10.2 Å². The molecule has 2 aromatic carbocycles. The van der Waals surface area contributed by atoms with E-state index in [4.69, 9.17) is 0 Å². The fourth-order valence-corrected chi connectivity index (χ4v) is 2.33. The van der Waals surface area contributed by atoms with Crippen LogP contribution in [0.1, 0.15) is 11.1 Å². The molecule has 122 valence electrons. The van der Waals surface area contributed by atoms with Crippen molar-refractivity contribution in [2.45, 2.75) is 13.1 Å². The highest BCUT2D eigenvalue weighted by molar-refractivity contribution is 5.52. The lowest BCUT2D eigenvalue weighted by atomic mass is 10.1. The zero-order valence-corrected chi connectivity index (χ0v) is 14.2. The first kappa shape index (κ1) is 17.1. The van der Waals surface area contributed by atoms with E-state index in [-0.39, 0.29) is 0 Å². The van der Waals surface area contributed by atoms with Crippen LogP contribution in [0.4, 0.5) is 11.4 Å². The van der Waals surface area contributed by atoms with Crippen LogP contribution in [0.3, 0.4) is 0 Å². The highest BCUT2D eigenvalue weighted by atomic mass is 16.3. The maximum Gasteiger partial charge on any atom is 0.124 e. The third kappa shape index (κ3) is 5.16. The Morgan fingerprint density at radius 2 is 1.26 bits per heavy atom. The summed E-state index contributed by atoms with van der Waals surface area (Å²) in [6.45, 7) is 1.31. The number of phenolic OH excluding ortho intramolecular Hbond substituents is 1. The summed E-state index contributed by atoms with van der Waals surface area (Å²) in [5, 5.41) is 19.1. The Balaban J connectivity index is 2.36. The number of phenols is 1. The molecule has 0 aromatic heterocycles. The zero-order chi connectivity index (χ0) is 16.8. The Bertz CT molecular complexity index is 635. The number of rotatable bonds is 6. The standard InChI is InChI=1S/C18H24N4O/c1-21(2)12-14-10-17(11-15(18(14)23)13-22(3)4)20-19-16-8-6-5-7-9-16/h5-11,23H,12-13H2,1-4H3. The van der Waals surface area contributed by atoms with Gasteiger partial charge in [0.25, 0.3) is 0 Å². The number of hydrogen-bond donors (Lipinski definition) is 1. The molecule has 0 aliphatic rings. The van der Waals surface area contributed by atoms with Gasteiger partial charge in [-0.1, -0.05) is 18.2 Å². The Morgan fingerprint density at radius 1 is 0.783 bits per heavy atom. The molecule has 0 atom stereocenters. The quantitative estimate of drug-likeness (QED) is 0.822. The van der Waals surface area contributed by atoms with Crippen LogP contribution in [0.25, 0.3) is 0 Å². The van der Waals surface area contributed by atoms with E-state index in [2.05, 4.69) is 10.2 Å². The number of azo groups is 1. The summed E-state index contributed by atoms with van der Waals surface area (Å²) in [7, 11) is 7.90. The van der Waals surface area contributed by atoms with Crippen molar-refractivity contribution in [1.82, 2.24) is 9.80 Å². The highest BCUT2D eigenvalue weighted by Crippen LogP contribution is 2.31. The molecule has 0 unspecified atom stereocenters. The van der Waals surface area contributed by atoms with E-state index >= 15 is 0 Å². The van der Waals surface area contributed by atoms with Crippen LogP contribution in [0.5, 0.6) is 5.75 Å².